The Morgan fingerprint density at radius 2 is 2.23 bits per heavy atom. The number of carbonyl (C=O) groups excluding carboxylic acids is 1. The largest absolute Gasteiger partial charge is 0.340 e. The van der Waals surface area contributed by atoms with Crippen molar-refractivity contribution in [2.45, 2.75) is 38.1 Å². The number of nitrogens with zero attached hydrogens (tertiary/aromatic N) is 4. The highest BCUT2D eigenvalue weighted by atomic mass is 19.1. The van der Waals surface area contributed by atoms with Crippen molar-refractivity contribution in [3.63, 3.8) is 0 Å². The second-order valence-electron chi connectivity index (χ2n) is 6.83. The number of halogens is 1. The maximum Gasteiger partial charge on any atom is 0.223 e. The molecule has 1 aliphatic rings. The van der Waals surface area contributed by atoms with Crippen LogP contribution in [0, 0.1) is 5.82 Å². The molecule has 1 aromatic carbocycles. The number of amides is 1. The molecule has 1 amide bonds. The number of carbonyl (C=O) groups is 1. The number of benzene rings is 1. The lowest BCUT2D eigenvalue weighted by molar-refractivity contribution is -0.135. The molecule has 0 bridgehead atoms. The van der Waals surface area contributed by atoms with E-state index < -0.39 is 0 Å². The number of likely N-dealkylation sites (tertiary alicyclic amines) is 1. The predicted molar refractivity (Wildman–Crippen MR) is 95.9 cm³/mol. The van der Waals surface area contributed by atoms with Gasteiger partial charge in [0, 0.05) is 31.9 Å². The first-order valence-corrected chi connectivity index (χ1v) is 9.03. The minimum atomic E-state index is -0.291. The van der Waals surface area contributed by atoms with Crippen LogP contribution in [-0.4, -0.2) is 37.1 Å². The van der Waals surface area contributed by atoms with Crippen LogP contribution >= 0.6 is 0 Å². The molecule has 0 saturated carbocycles. The number of hydrogen-bond acceptors (Lipinski definition) is 3. The van der Waals surface area contributed by atoms with Gasteiger partial charge in [0.1, 0.15) is 11.6 Å². The van der Waals surface area contributed by atoms with Gasteiger partial charge in [0.25, 0.3) is 0 Å². The molecule has 3 heterocycles. The quantitative estimate of drug-likeness (QED) is 0.782. The summed E-state index contributed by atoms with van der Waals surface area (Å²) in [5.41, 5.74) is 2.45. The van der Waals surface area contributed by atoms with Crippen LogP contribution < -0.4 is 0 Å². The Morgan fingerprint density at radius 1 is 1.35 bits per heavy atom. The molecule has 0 aliphatic carbocycles. The molecule has 6 nitrogen and oxygen atoms in total. The highest BCUT2D eigenvalue weighted by molar-refractivity contribution is 5.78. The summed E-state index contributed by atoms with van der Waals surface area (Å²) in [6.45, 7) is 0.736. The lowest BCUT2D eigenvalue weighted by Gasteiger charge is -2.34. The summed E-state index contributed by atoms with van der Waals surface area (Å²) in [6, 6.07) is 6.39. The Balaban J connectivity index is 1.53. The average Bonchev–Trinajstić information content (AvgIpc) is 3.25. The van der Waals surface area contributed by atoms with Crippen LogP contribution in [-0.2, 0) is 18.3 Å². The van der Waals surface area contributed by atoms with Crippen molar-refractivity contribution >= 4 is 16.9 Å². The van der Waals surface area contributed by atoms with Crippen LogP contribution in [0.2, 0.25) is 0 Å². The van der Waals surface area contributed by atoms with E-state index >= 15 is 0 Å². The number of imidazole rings is 1. The van der Waals surface area contributed by atoms with E-state index in [0.29, 0.717) is 18.4 Å². The second kappa shape index (κ2) is 6.90. The number of aromatic amines is 1. The summed E-state index contributed by atoms with van der Waals surface area (Å²) >= 11 is 0. The normalized spacial score (nSPS) is 17.8. The van der Waals surface area contributed by atoms with Gasteiger partial charge in [-0.2, -0.15) is 5.10 Å². The second-order valence-corrected chi connectivity index (χ2v) is 6.83. The molecule has 0 spiro atoms. The van der Waals surface area contributed by atoms with Gasteiger partial charge in [0.2, 0.25) is 5.91 Å². The summed E-state index contributed by atoms with van der Waals surface area (Å²) in [7, 11) is 1.89. The first-order valence-electron chi connectivity index (χ1n) is 9.03. The topological polar surface area (TPSA) is 66.8 Å². The first kappa shape index (κ1) is 16.8. The van der Waals surface area contributed by atoms with E-state index in [9.17, 15) is 9.18 Å². The summed E-state index contributed by atoms with van der Waals surface area (Å²) in [6.07, 6.45) is 5.80. The van der Waals surface area contributed by atoms with E-state index in [1.165, 1.54) is 12.1 Å². The summed E-state index contributed by atoms with van der Waals surface area (Å²) < 4.78 is 15.2. The zero-order valence-corrected chi connectivity index (χ0v) is 14.8. The van der Waals surface area contributed by atoms with Gasteiger partial charge in [0.05, 0.1) is 17.1 Å². The number of rotatable bonds is 4. The zero-order valence-electron chi connectivity index (χ0n) is 14.8. The zero-order chi connectivity index (χ0) is 18.1. The summed E-state index contributed by atoms with van der Waals surface area (Å²) in [4.78, 5) is 22.6. The van der Waals surface area contributed by atoms with Crippen LogP contribution in [0.1, 0.15) is 43.2 Å². The molecular weight excluding hydrogens is 333 g/mol. The predicted octanol–water partition coefficient (Wildman–Crippen LogP) is 3.12. The van der Waals surface area contributed by atoms with Gasteiger partial charge in [-0.05, 0) is 49.9 Å². The van der Waals surface area contributed by atoms with Crippen LogP contribution in [0.5, 0.6) is 0 Å². The van der Waals surface area contributed by atoms with E-state index in [1.807, 2.05) is 18.0 Å². The number of H-pyrrole nitrogens is 1. The molecule has 1 atom stereocenters. The third-order valence-corrected chi connectivity index (χ3v) is 5.12. The van der Waals surface area contributed by atoms with Crippen LogP contribution in [0.25, 0.3) is 11.0 Å². The third kappa shape index (κ3) is 3.21. The highest BCUT2D eigenvalue weighted by Gasteiger charge is 2.30. The monoisotopic (exact) mass is 355 g/mol. The SMILES string of the molecule is Cn1nccc1CCC(=O)N1CCCC[C@H]1c1nc2ccc(F)cc2[nH]1. The highest BCUT2D eigenvalue weighted by Crippen LogP contribution is 2.31. The smallest absolute Gasteiger partial charge is 0.223 e. The average molecular weight is 355 g/mol. The van der Waals surface area contributed by atoms with Crippen molar-refractivity contribution in [2.24, 2.45) is 7.05 Å². The van der Waals surface area contributed by atoms with E-state index in [4.69, 9.17) is 0 Å². The number of hydrogen-bond donors (Lipinski definition) is 1. The van der Waals surface area contributed by atoms with Crippen molar-refractivity contribution in [3.8, 4) is 0 Å². The lowest BCUT2D eigenvalue weighted by atomic mass is 10.0. The molecule has 136 valence electrons. The number of aryl methyl sites for hydroxylation is 2. The molecule has 3 aromatic rings. The molecule has 7 heteroatoms. The van der Waals surface area contributed by atoms with Gasteiger partial charge in [-0.1, -0.05) is 0 Å². The molecule has 1 aliphatic heterocycles. The van der Waals surface area contributed by atoms with Gasteiger partial charge in [-0.3, -0.25) is 9.48 Å². The Morgan fingerprint density at radius 3 is 3.04 bits per heavy atom. The molecule has 0 radical (unpaired) electrons. The molecule has 1 fully saturated rings. The fraction of sp³-hybridized carbons (Fsp3) is 0.421. The minimum absolute atomic E-state index is 0.0711. The molecule has 0 unspecified atom stereocenters. The van der Waals surface area contributed by atoms with E-state index in [1.54, 1.807) is 16.9 Å². The Bertz CT molecular complexity index is 931. The molecule has 2 aromatic heterocycles. The fourth-order valence-corrected chi connectivity index (χ4v) is 3.70. The summed E-state index contributed by atoms with van der Waals surface area (Å²) in [5.74, 6) is 0.585. The van der Waals surface area contributed by atoms with Gasteiger partial charge in [-0.15, -0.1) is 0 Å². The number of piperidine rings is 1. The van der Waals surface area contributed by atoms with Crippen molar-refractivity contribution < 1.29 is 9.18 Å². The van der Waals surface area contributed by atoms with Gasteiger partial charge in [0.15, 0.2) is 0 Å². The van der Waals surface area contributed by atoms with Crippen molar-refractivity contribution in [1.29, 1.82) is 0 Å². The maximum absolute atomic E-state index is 13.4. The molecule has 4 rings (SSSR count). The minimum Gasteiger partial charge on any atom is -0.340 e. The Labute approximate surface area is 151 Å². The van der Waals surface area contributed by atoms with Crippen LogP contribution in [0.3, 0.4) is 0 Å². The van der Waals surface area contributed by atoms with Crippen molar-refractivity contribution in [1.82, 2.24) is 24.6 Å². The van der Waals surface area contributed by atoms with Gasteiger partial charge >= 0.3 is 0 Å². The Kier molecular flexibility index (Phi) is 4.44. The van der Waals surface area contributed by atoms with E-state index in [2.05, 4.69) is 15.1 Å². The van der Waals surface area contributed by atoms with E-state index in [0.717, 1.165) is 42.8 Å². The molecule has 1 N–H and O–H groups in total. The number of nitrogens with one attached hydrogen (secondary N) is 1. The first-order chi connectivity index (χ1) is 12.6. The molecule has 26 heavy (non-hydrogen) atoms. The molecule has 1 saturated heterocycles. The van der Waals surface area contributed by atoms with Gasteiger partial charge < -0.3 is 9.88 Å². The lowest BCUT2D eigenvalue weighted by Crippen LogP contribution is -2.39. The van der Waals surface area contributed by atoms with Crippen LogP contribution in [0.4, 0.5) is 4.39 Å². The van der Waals surface area contributed by atoms with Gasteiger partial charge in [-0.25, -0.2) is 9.37 Å². The van der Waals surface area contributed by atoms with Crippen LogP contribution in [0.15, 0.2) is 30.5 Å². The molecular formula is C19H22FN5O. The third-order valence-electron chi connectivity index (χ3n) is 5.12. The maximum atomic E-state index is 13.4. The Hall–Kier alpha value is -2.70. The van der Waals surface area contributed by atoms with E-state index in [-0.39, 0.29) is 17.8 Å². The van der Waals surface area contributed by atoms with Crippen molar-refractivity contribution in [2.75, 3.05) is 6.54 Å². The summed E-state index contributed by atoms with van der Waals surface area (Å²) in [5, 5.41) is 4.15. The number of fused-ring (bicyclic) bond motifs is 1. The fourth-order valence-electron chi connectivity index (χ4n) is 3.70. The van der Waals surface area contributed by atoms with Crippen molar-refractivity contribution in [3.05, 3.63) is 47.8 Å². The standard InChI is InChI=1S/C19H22FN5O/c1-24-14(9-10-21-24)6-8-18(26)25-11-3-2-4-17(25)19-22-15-7-5-13(20)12-16(15)23-19/h5,7,9-10,12,17H,2-4,6,8,11H2,1H3,(H,22,23)/t17-/m0/s1. The number of aromatic nitrogens is 4.